The fraction of sp³-hybridized carbons (Fsp3) is 0.667. The van der Waals surface area contributed by atoms with Gasteiger partial charge in [0, 0.05) is 20.8 Å². The molecule has 1 aromatic rings. The number of thiophene rings is 1. The molecule has 0 aliphatic carbocycles. The van der Waals surface area contributed by atoms with Gasteiger partial charge in [0.15, 0.2) is 0 Å². The lowest BCUT2D eigenvalue weighted by Crippen LogP contribution is -2.43. The summed E-state index contributed by atoms with van der Waals surface area (Å²) in [5.41, 5.74) is -0.475. The number of aliphatic carboxylic acids is 1. The predicted octanol–water partition coefficient (Wildman–Crippen LogP) is 4.29. The van der Waals surface area contributed by atoms with Gasteiger partial charge in [0.25, 0.3) is 0 Å². The van der Waals surface area contributed by atoms with E-state index in [-0.39, 0.29) is 0 Å². The Kier molecular flexibility index (Phi) is 5.26. The van der Waals surface area contributed by atoms with Crippen molar-refractivity contribution in [2.75, 3.05) is 13.1 Å². The Morgan fingerprint density at radius 3 is 2.60 bits per heavy atom. The summed E-state index contributed by atoms with van der Waals surface area (Å²) in [4.78, 5) is 16.6. The predicted molar refractivity (Wildman–Crippen MR) is 86.2 cm³/mol. The van der Waals surface area contributed by atoms with Gasteiger partial charge in [-0.15, -0.1) is 11.3 Å². The van der Waals surface area contributed by atoms with Crippen molar-refractivity contribution in [2.45, 2.75) is 46.1 Å². The molecule has 1 N–H and O–H groups in total. The minimum Gasteiger partial charge on any atom is -0.481 e. The lowest BCUT2D eigenvalue weighted by Gasteiger charge is -2.38. The largest absolute Gasteiger partial charge is 0.481 e. The van der Waals surface area contributed by atoms with Gasteiger partial charge < -0.3 is 5.11 Å². The summed E-state index contributed by atoms with van der Waals surface area (Å²) < 4.78 is 1.18. The maximum Gasteiger partial charge on any atom is 0.309 e. The molecule has 112 valence electrons. The summed E-state index contributed by atoms with van der Waals surface area (Å²) in [6.45, 7) is 6.91. The Hall–Kier alpha value is -0.390. The quantitative estimate of drug-likeness (QED) is 0.852. The number of aryl methyl sites for hydroxylation is 1. The molecule has 1 fully saturated rings. The third-order valence-electron chi connectivity index (χ3n) is 4.28. The highest BCUT2D eigenvalue weighted by Crippen LogP contribution is 2.37. The summed E-state index contributed by atoms with van der Waals surface area (Å²) in [5.74, 6) is -0.603. The summed E-state index contributed by atoms with van der Waals surface area (Å²) in [7, 11) is 0. The average Bonchev–Trinajstić information content (AvgIpc) is 2.71. The van der Waals surface area contributed by atoms with Gasteiger partial charge in [-0.2, -0.15) is 0 Å². The number of hydrogen-bond acceptors (Lipinski definition) is 3. The Morgan fingerprint density at radius 2 is 2.15 bits per heavy atom. The molecular weight excluding hydrogens is 338 g/mol. The number of halogens is 1. The van der Waals surface area contributed by atoms with E-state index in [0.29, 0.717) is 0 Å². The number of piperidine rings is 1. The third-order valence-corrected chi connectivity index (χ3v) is 6.40. The molecule has 2 heterocycles. The molecule has 5 heteroatoms. The zero-order chi connectivity index (χ0) is 14.8. The normalized spacial score (nSPS) is 19.1. The second kappa shape index (κ2) is 6.58. The van der Waals surface area contributed by atoms with Gasteiger partial charge in [-0.25, -0.2) is 0 Å². The first-order valence-electron chi connectivity index (χ1n) is 7.17. The molecule has 0 amide bonds. The lowest BCUT2D eigenvalue weighted by atomic mass is 9.75. The van der Waals surface area contributed by atoms with Gasteiger partial charge >= 0.3 is 5.97 Å². The number of carboxylic acid groups (broad SMARTS) is 1. The van der Waals surface area contributed by atoms with Crippen LogP contribution < -0.4 is 0 Å². The van der Waals surface area contributed by atoms with E-state index in [1.165, 1.54) is 14.2 Å². The van der Waals surface area contributed by atoms with Crippen molar-refractivity contribution in [1.82, 2.24) is 4.90 Å². The minimum atomic E-state index is -0.603. The second-order valence-corrected chi connectivity index (χ2v) is 7.92. The molecule has 0 atom stereocenters. The number of hydrogen-bond donors (Lipinski definition) is 1. The van der Waals surface area contributed by atoms with Crippen LogP contribution in [0.1, 0.15) is 42.4 Å². The number of carbonyl (C=O) groups is 1. The summed E-state index contributed by atoms with van der Waals surface area (Å²) in [5, 5.41) is 9.51. The molecule has 2 rings (SSSR count). The Morgan fingerprint density at radius 1 is 1.50 bits per heavy atom. The second-order valence-electron chi connectivity index (χ2n) is 5.73. The molecule has 0 aromatic carbocycles. The van der Waals surface area contributed by atoms with Crippen LogP contribution >= 0.6 is 27.3 Å². The molecule has 1 aliphatic heterocycles. The average molecular weight is 360 g/mol. The van der Waals surface area contributed by atoms with Crippen LogP contribution in [0.4, 0.5) is 0 Å². The van der Waals surface area contributed by atoms with Crippen LogP contribution in [-0.4, -0.2) is 29.1 Å². The van der Waals surface area contributed by atoms with Crippen molar-refractivity contribution in [1.29, 1.82) is 0 Å². The Bertz CT molecular complexity index is 459. The maximum atomic E-state index is 11.6. The number of rotatable bonds is 5. The van der Waals surface area contributed by atoms with Crippen molar-refractivity contribution in [3.05, 3.63) is 20.3 Å². The zero-order valence-electron chi connectivity index (χ0n) is 12.1. The molecule has 0 spiro atoms. The first-order chi connectivity index (χ1) is 9.47. The lowest BCUT2D eigenvalue weighted by molar-refractivity contribution is -0.152. The number of carboxylic acids is 1. The fourth-order valence-corrected chi connectivity index (χ4v) is 4.65. The van der Waals surface area contributed by atoms with Crippen molar-refractivity contribution in [3.63, 3.8) is 0 Å². The van der Waals surface area contributed by atoms with Crippen LogP contribution in [0.5, 0.6) is 0 Å². The van der Waals surface area contributed by atoms with Crippen molar-refractivity contribution >= 4 is 33.2 Å². The van der Waals surface area contributed by atoms with Gasteiger partial charge in [0.05, 0.1) is 5.41 Å². The summed E-state index contributed by atoms with van der Waals surface area (Å²) in [6, 6.07) is 2.19. The molecule has 20 heavy (non-hydrogen) atoms. The highest BCUT2D eigenvalue weighted by molar-refractivity contribution is 9.10. The zero-order valence-corrected chi connectivity index (χ0v) is 14.5. The molecule has 0 saturated carbocycles. The first kappa shape index (κ1) is 16.0. The van der Waals surface area contributed by atoms with Gasteiger partial charge in [-0.3, -0.25) is 9.69 Å². The number of likely N-dealkylation sites (tertiary alicyclic amines) is 1. The smallest absolute Gasteiger partial charge is 0.309 e. The molecule has 0 unspecified atom stereocenters. The molecular formula is C15H22BrNO2S. The first-order valence-corrected chi connectivity index (χ1v) is 8.78. The summed E-state index contributed by atoms with van der Waals surface area (Å²) in [6.07, 6.45) is 3.31. The molecule has 1 saturated heterocycles. The molecule has 1 aromatic heterocycles. The molecule has 1 aliphatic rings. The van der Waals surface area contributed by atoms with Gasteiger partial charge in [0.1, 0.15) is 0 Å². The monoisotopic (exact) mass is 359 g/mol. The maximum absolute atomic E-state index is 11.6. The van der Waals surface area contributed by atoms with Crippen molar-refractivity contribution < 1.29 is 9.90 Å². The van der Waals surface area contributed by atoms with E-state index in [9.17, 15) is 9.90 Å². The van der Waals surface area contributed by atoms with Crippen molar-refractivity contribution in [3.8, 4) is 0 Å². The van der Waals surface area contributed by atoms with E-state index in [4.69, 9.17) is 0 Å². The highest BCUT2D eigenvalue weighted by atomic mass is 79.9. The van der Waals surface area contributed by atoms with Crippen LogP contribution in [0.3, 0.4) is 0 Å². The van der Waals surface area contributed by atoms with E-state index in [0.717, 1.165) is 45.3 Å². The molecule has 0 radical (unpaired) electrons. The van der Waals surface area contributed by atoms with Crippen LogP contribution in [0, 0.1) is 12.3 Å². The van der Waals surface area contributed by atoms with Gasteiger partial charge in [-0.05, 0) is 61.3 Å². The van der Waals surface area contributed by atoms with E-state index in [2.05, 4.69) is 40.7 Å². The fourth-order valence-electron chi connectivity index (χ4n) is 3.00. The number of nitrogens with zero attached hydrogens (tertiary/aromatic N) is 1. The Balaban J connectivity index is 1.95. The van der Waals surface area contributed by atoms with E-state index in [1.807, 2.05) is 11.3 Å². The van der Waals surface area contributed by atoms with Crippen LogP contribution in [-0.2, 0) is 11.3 Å². The molecule has 3 nitrogen and oxygen atoms in total. The minimum absolute atomic E-state index is 0.475. The van der Waals surface area contributed by atoms with Gasteiger partial charge in [-0.1, -0.05) is 13.3 Å². The Labute approximate surface area is 133 Å². The third kappa shape index (κ3) is 3.43. The van der Waals surface area contributed by atoms with Crippen molar-refractivity contribution in [2.24, 2.45) is 5.41 Å². The topological polar surface area (TPSA) is 40.5 Å². The van der Waals surface area contributed by atoms with Gasteiger partial charge in [0.2, 0.25) is 0 Å². The van der Waals surface area contributed by atoms with E-state index < -0.39 is 11.4 Å². The van der Waals surface area contributed by atoms with E-state index in [1.54, 1.807) is 0 Å². The summed E-state index contributed by atoms with van der Waals surface area (Å²) >= 11 is 5.37. The standard InChI is InChI=1S/C15H22BrNO2S/c1-3-4-15(14(18)19)5-7-17(8-6-15)10-12-9-13(16)11(2)20-12/h9H,3-8,10H2,1-2H3,(H,18,19). The SMILES string of the molecule is CCCC1(C(=O)O)CCN(Cc2cc(Br)c(C)s2)CC1. The molecule has 0 bridgehead atoms. The van der Waals surface area contributed by atoms with E-state index >= 15 is 0 Å². The van der Waals surface area contributed by atoms with Crippen LogP contribution in [0.15, 0.2) is 10.5 Å². The van der Waals surface area contributed by atoms with Crippen LogP contribution in [0.25, 0.3) is 0 Å². The highest BCUT2D eigenvalue weighted by Gasteiger charge is 2.40. The van der Waals surface area contributed by atoms with Crippen LogP contribution in [0.2, 0.25) is 0 Å².